The van der Waals surface area contributed by atoms with Gasteiger partial charge in [0.2, 0.25) is 10.0 Å². The Hall–Kier alpha value is -0.580. The maximum Gasteiger partial charge on any atom is 0.240 e. The van der Waals surface area contributed by atoms with Crippen LogP contribution in [-0.2, 0) is 10.0 Å². The van der Waals surface area contributed by atoms with E-state index in [-0.39, 0.29) is 41.5 Å². The first-order valence-electron chi connectivity index (χ1n) is 8.06. The molecule has 6 nitrogen and oxygen atoms in total. The maximum absolute atomic E-state index is 12.2. The molecule has 1 atom stereocenters. The van der Waals surface area contributed by atoms with Crippen LogP contribution in [0.3, 0.4) is 0 Å². The smallest absolute Gasteiger partial charge is 0.240 e. The number of rotatable bonds is 8. The van der Waals surface area contributed by atoms with Crippen molar-refractivity contribution in [3.63, 3.8) is 0 Å². The Morgan fingerprint density at radius 3 is 2.52 bits per heavy atom. The second-order valence-electron chi connectivity index (χ2n) is 5.79. The van der Waals surface area contributed by atoms with E-state index in [0.29, 0.717) is 23.4 Å². The van der Waals surface area contributed by atoms with E-state index in [2.05, 4.69) is 41.1 Å². The molecule has 1 aromatic rings. The van der Waals surface area contributed by atoms with Crippen molar-refractivity contribution in [2.24, 2.45) is 10.9 Å². The van der Waals surface area contributed by atoms with Crippen LogP contribution in [0.15, 0.2) is 34.2 Å². The normalized spacial score (nSPS) is 13.3. The summed E-state index contributed by atoms with van der Waals surface area (Å²) in [5.74, 6) is 1.15. The molecule has 0 radical (unpaired) electrons. The first kappa shape index (κ1) is 24.4. The van der Waals surface area contributed by atoms with E-state index >= 15 is 0 Å². The van der Waals surface area contributed by atoms with Gasteiger partial charge in [-0.2, -0.15) is 0 Å². The summed E-state index contributed by atoms with van der Waals surface area (Å²) < 4.78 is 26.9. The molecule has 1 unspecified atom stereocenters. The van der Waals surface area contributed by atoms with Crippen molar-refractivity contribution in [3.8, 4) is 0 Å². The Balaban J connectivity index is 0.00000576. The van der Waals surface area contributed by atoms with Gasteiger partial charge in [0.05, 0.1) is 11.4 Å². The average molecular weight is 503 g/mol. The molecule has 0 aliphatic heterocycles. The average Bonchev–Trinajstić information content (AvgIpc) is 2.51. The molecule has 3 N–H and O–H groups in total. The van der Waals surface area contributed by atoms with Crippen molar-refractivity contribution in [2.45, 2.75) is 38.6 Å². The second-order valence-corrected chi connectivity index (χ2v) is 8.00. The Morgan fingerprint density at radius 2 is 1.96 bits per heavy atom. The molecule has 0 spiro atoms. The van der Waals surface area contributed by atoms with Crippen molar-refractivity contribution in [1.29, 1.82) is 0 Å². The van der Waals surface area contributed by atoms with Gasteiger partial charge in [-0.15, -0.1) is 24.0 Å². The molecule has 144 valence electrons. The highest BCUT2D eigenvalue weighted by molar-refractivity contribution is 14.0. The summed E-state index contributed by atoms with van der Waals surface area (Å²) in [6, 6.07) is 6.44. The highest BCUT2D eigenvalue weighted by Crippen LogP contribution is 2.14. The first-order valence-corrected chi connectivity index (χ1v) is 9.92. The van der Waals surface area contributed by atoms with Gasteiger partial charge in [0.25, 0.3) is 0 Å². The van der Waals surface area contributed by atoms with Crippen molar-refractivity contribution in [3.05, 3.63) is 29.3 Å². The largest absolute Gasteiger partial charge is 0.357 e. The fraction of sp³-hybridized carbons (Fsp3) is 0.562. The molecule has 1 rings (SSSR count). The topological polar surface area (TPSA) is 82.6 Å². The zero-order chi connectivity index (χ0) is 18.2. The Labute approximate surface area is 173 Å². The number of aliphatic imine (C=N–C) groups is 1. The zero-order valence-corrected chi connectivity index (χ0v) is 18.9. The monoisotopic (exact) mass is 502 g/mol. The van der Waals surface area contributed by atoms with Crippen molar-refractivity contribution in [2.75, 3.05) is 19.6 Å². The molecule has 0 aromatic heterocycles. The minimum Gasteiger partial charge on any atom is -0.357 e. The van der Waals surface area contributed by atoms with Crippen LogP contribution in [0, 0.1) is 5.92 Å². The molecule has 0 amide bonds. The van der Waals surface area contributed by atoms with Crippen LogP contribution in [-0.4, -0.2) is 40.1 Å². The summed E-state index contributed by atoms with van der Waals surface area (Å²) in [5.41, 5.74) is 0. The van der Waals surface area contributed by atoms with Crippen molar-refractivity contribution in [1.82, 2.24) is 15.4 Å². The molecule has 0 heterocycles. The molecular formula is C16H28ClIN4O2S. The fourth-order valence-corrected chi connectivity index (χ4v) is 3.09. The van der Waals surface area contributed by atoms with E-state index in [1.807, 2.05) is 6.92 Å². The summed E-state index contributed by atoms with van der Waals surface area (Å²) in [6.07, 6.45) is 0. The van der Waals surface area contributed by atoms with Crippen molar-refractivity contribution < 1.29 is 8.42 Å². The summed E-state index contributed by atoms with van der Waals surface area (Å²) in [4.78, 5) is 4.54. The third-order valence-electron chi connectivity index (χ3n) is 3.49. The predicted octanol–water partition coefficient (Wildman–Crippen LogP) is 2.84. The molecule has 0 saturated carbocycles. The third kappa shape index (κ3) is 9.07. The molecule has 9 heteroatoms. The lowest BCUT2D eigenvalue weighted by atomic mass is 10.1. The lowest BCUT2D eigenvalue weighted by Gasteiger charge is -2.20. The molecule has 25 heavy (non-hydrogen) atoms. The van der Waals surface area contributed by atoms with Gasteiger partial charge in [-0.1, -0.05) is 31.5 Å². The van der Waals surface area contributed by atoms with Crippen LogP contribution in [0.1, 0.15) is 27.7 Å². The van der Waals surface area contributed by atoms with Gasteiger partial charge >= 0.3 is 0 Å². The summed E-state index contributed by atoms with van der Waals surface area (Å²) in [7, 11) is -3.57. The van der Waals surface area contributed by atoms with Crippen LogP contribution >= 0.6 is 35.6 Å². The van der Waals surface area contributed by atoms with Gasteiger partial charge in [0.1, 0.15) is 0 Å². The van der Waals surface area contributed by atoms with E-state index < -0.39 is 10.0 Å². The Kier molecular flexibility index (Phi) is 11.6. The molecule has 0 bridgehead atoms. The number of hydrogen-bond acceptors (Lipinski definition) is 3. The highest BCUT2D eigenvalue weighted by Gasteiger charge is 2.13. The van der Waals surface area contributed by atoms with Gasteiger partial charge in [-0.25, -0.2) is 13.1 Å². The van der Waals surface area contributed by atoms with Gasteiger partial charge in [0, 0.05) is 24.2 Å². The number of guanidine groups is 1. The first-order chi connectivity index (χ1) is 11.3. The second kappa shape index (κ2) is 11.9. The lowest BCUT2D eigenvalue weighted by molar-refractivity contribution is 0.481. The molecule has 0 fully saturated rings. The molecule has 0 saturated heterocycles. The van der Waals surface area contributed by atoms with E-state index in [0.717, 1.165) is 6.54 Å². The molecule has 0 aliphatic carbocycles. The van der Waals surface area contributed by atoms with Gasteiger partial charge in [0.15, 0.2) is 5.96 Å². The van der Waals surface area contributed by atoms with Crippen LogP contribution in [0.25, 0.3) is 0 Å². The zero-order valence-electron chi connectivity index (χ0n) is 15.0. The number of sulfonamides is 1. The summed E-state index contributed by atoms with van der Waals surface area (Å²) in [6.45, 7) is 9.60. The van der Waals surface area contributed by atoms with Crippen molar-refractivity contribution >= 4 is 51.6 Å². The third-order valence-corrected chi connectivity index (χ3v) is 5.18. The molecule has 1 aromatic carbocycles. The standard InChI is InChI=1S/C16H27ClN4O2S.HI/c1-5-18-16(21-13(4)12(2)3)19-9-10-20-24(22,23)15-8-6-7-14(17)11-15;/h6-8,11-13,20H,5,9-10H2,1-4H3,(H2,18,19,21);1H. The van der Waals surface area contributed by atoms with Crippen LogP contribution in [0.2, 0.25) is 5.02 Å². The Morgan fingerprint density at radius 1 is 1.28 bits per heavy atom. The quantitative estimate of drug-likeness (QED) is 0.221. The number of nitrogens with one attached hydrogen (secondary N) is 3. The van der Waals surface area contributed by atoms with E-state index in [1.54, 1.807) is 12.1 Å². The lowest BCUT2D eigenvalue weighted by Crippen LogP contribution is -2.44. The van der Waals surface area contributed by atoms with E-state index in [1.165, 1.54) is 12.1 Å². The minimum atomic E-state index is -3.57. The van der Waals surface area contributed by atoms with Crippen LogP contribution in [0.5, 0.6) is 0 Å². The minimum absolute atomic E-state index is 0. The fourth-order valence-electron chi connectivity index (χ4n) is 1.77. The maximum atomic E-state index is 12.2. The molecule has 0 aliphatic rings. The predicted molar refractivity (Wildman–Crippen MR) is 115 cm³/mol. The van der Waals surface area contributed by atoms with Gasteiger partial charge in [-0.05, 0) is 38.0 Å². The van der Waals surface area contributed by atoms with Gasteiger partial charge in [-0.3, -0.25) is 4.99 Å². The van der Waals surface area contributed by atoms with Gasteiger partial charge < -0.3 is 10.6 Å². The van der Waals surface area contributed by atoms with E-state index in [4.69, 9.17) is 11.6 Å². The summed E-state index contributed by atoms with van der Waals surface area (Å²) in [5, 5.41) is 6.83. The molecular weight excluding hydrogens is 475 g/mol. The summed E-state index contributed by atoms with van der Waals surface area (Å²) >= 11 is 5.83. The number of benzene rings is 1. The highest BCUT2D eigenvalue weighted by atomic mass is 127. The SMILES string of the molecule is CCNC(=NCCNS(=O)(=O)c1cccc(Cl)c1)NC(C)C(C)C.I. The number of halogens is 2. The van der Waals surface area contributed by atoms with Crippen LogP contribution in [0.4, 0.5) is 0 Å². The Bertz CT molecular complexity index is 653. The number of nitrogens with zero attached hydrogens (tertiary/aromatic N) is 1. The van der Waals surface area contributed by atoms with Crippen LogP contribution < -0.4 is 15.4 Å². The van der Waals surface area contributed by atoms with E-state index in [9.17, 15) is 8.42 Å². The number of hydrogen-bond donors (Lipinski definition) is 3.